The molecule has 0 spiro atoms. The number of nitrogens with zero attached hydrogens (tertiary/aromatic N) is 4. The van der Waals surface area contributed by atoms with Crippen LogP contribution in [0.15, 0.2) is 41.5 Å². The molecule has 3 rings (SSSR count). The van der Waals surface area contributed by atoms with Crippen LogP contribution in [0.2, 0.25) is 0 Å². The van der Waals surface area contributed by atoms with Gasteiger partial charge in [-0.05, 0) is 50.2 Å². The molecule has 0 bridgehead atoms. The quantitative estimate of drug-likeness (QED) is 0.653. The van der Waals surface area contributed by atoms with Gasteiger partial charge in [-0.25, -0.2) is 9.98 Å². The normalized spacial score (nSPS) is 16.0. The number of piperazine rings is 1. The average Bonchev–Trinajstić information content (AvgIpc) is 2.60. The molecule has 2 heterocycles. The Balaban J connectivity index is 1.69. The largest absolute Gasteiger partial charge is 0.370 e. The molecule has 1 aromatic carbocycles. The molecule has 1 aliphatic rings. The molecule has 0 saturated carbocycles. The summed E-state index contributed by atoms with van der Waals surface area (Å²) in [5, 5.41) is 3.19. The van der Waals surface area contributed by atoms with Crippen molar-refractivity contribution in [2.45, 2.75) is 20.4 Å². The van der Waals surface area contributed by atoms with Crippen molar-refractivity contribution in [3.05, 3.63) is 53.2 Å². The Morgan fingerprint density at radius 2 is 1.85 bits per heavy atom. The zero-order valence-electron chi connectivity index (χ0n) is 15.9. The first-order chi connectivity index (χ1) is 12.5. The molecule has 1 saturated heterocycles. The number of rotatable bonds is 4. The second-order valence-electron chi connectivity index (χ2n) is 6.98. The molecule has 1 aliphatic heterocycles. The summed E-state index contributed by atoms with van der Waals surface area (Å²) in [5.74, 6) is 1.44. The molecule has 2 aromatic rings. The first-order valence-corrected chi connectivity index (χ1v) is 9.04. The minimum Gasteiger partial charge on any atom is -0.370 e. The van der Waals surface area contributed by atoms with Gasteiger partial charge in [0.25, 0.3) is 0 Å². The van der Waals surface area contributed by atoms with Crippen LogP contribution in [0, 0.1) is 13.8 Å². The van der Waals surface area contributed by atoms with Crippen LogP contribution in [0.3, 0.4) is 0 Å². The van der Waals surface area contributed by atoms with E-state index >= 15 is 0 Å². The lowest BCUT2D eigenvalue weighted by molar-refractivity contribution is 0.312. The summed E-state index contributed by atoms with van der Waals surface area (Å²) < 4.78 is 0. The zero-order chi connectivity index (χ0) is 18.5. The Hall–Kier alpha value is -2.60. The van der Waals surface area contributed by atoms with E-state index in [-0.39, 0.29) is 0 Å². The van der Waals surface area contributed by atoms with Crippen LogP contribution in [-0.2, 0) is 6.54 Å². The van der Waals surface area contributed by atoms with E-state index in [9.17, 15) is 0 Å². The highest BCUT2D eigenvalue weighted by Gasteiger charge is 2.17. The maximum absolute atomic E-state index is 6.10. The number of pyridine rings is 1. The molecule has 0 unspecified atom stereocenters. The number of hydrogen-bond donors (Lipinski definition) is 2. The summed E-state index contributed by atoms with van der Waals surface area (Å²) in [5.41, 5.74) is 10.6. The monoisotopic (exact) mass is 352 g/mol. The number of likely N-dealkylation sites (N-methyl/N-ethyl adjacent to an activating group) is 1. The van der Waals surface area contributed by atoms with E-state index in [4.69, 9.17) is 5.73 Å². The first kappa shape index (κ1) is 18.2. The van der Waals surface area contributed by atoms with Crippen LogP contribution in [0.5, 0.6) is 0 Å². The fourth-order valence-corrected chi connectivity index (χ4v) is 3.26. The van der Waals surface area contributed by atoms with Crippen molar-refractivity contribution < 1.29 is 0 Å². The number of hydrogen-bond acceptors (Lipinski definition) is 4. The molecular formula is C20H28N6. The number of anilines is 2. The smallest absolute Gasteiger partial charge is 0.193 e. The van der Waals surface area contributed by atoms with E-state index in [2.05, 4.69) is 70.3 Å². The number of nitrogens with two attached hydrogens (primary N) is 1. The van der Waals surface area contributed by atoms with Crippen LogP contribution in [0.25, 0.3) is 0 Å². The molecule has 0 atom stereocenters. The molecule has 26 heavy (non-hydrogen) atoms. The fourth-order valence-electron chi connectivity index (χ4n) is 3.26. The van der Waals surface area contributed by atoms with Crippen LogP contribution in [-0.4, -0.2) is 49.1 Å². The summed E-state index contributed by atoms with van der Waals surface area (Å²) in [6.07, 6.45) is 1.85. The highest BCUT2D eigenvalue weighted by molar-refractivity contribution is 5.92. The van der Waals surface area contributed by atoms with Gasteiger partial charge in [-0.1, -0.05) is 12.1 Å². The Bertz CT molecular complexity index is 757. The van der Waals surface area contributed by atoms with Gasteiger partial charge in [-0.15, -0.1) is 0 Å². The van der Waals surface area contributed by atoms with Gasteiger partial charge in [-0.2, -0.15) is 0 Å². The molecule has 6 nitrogen and oxygen atoms in total. The van der Waals surface area contributed by atoms with E-state index in [1.807, 2.05) is 12.3 Å². The van der Waals surface area contributed by atoms with Crippen molar-refractivity contribution in [1.29, 1.82) is 0 Å². The van der Waals surface area contributed by atoms with Crippen molar-refractivity contribution >= 4 is 17.5 Å². The molecular weight excluding hydrogens is 324 g/mol. The molecule has 0 radical (unpaired) electrons. The third-order valence-electron chi connectivity index (χ3n) is 4.58. The number of guanidine groups is 1. The average molecular weight is 352 g/mol. The zero-order valence-corrected chi connectivity index (χ0v) is 15.9. The number of aryl methyl sites for hydroxylation is 2. The van der Waals surface area contributed by atoms with E-state index in [1.165, 1.54) is 11.1 Å². The van der Waals surface area contributed by atoms with Crippen molar-refractivity contribution in [1.82, 2.24) is 9.88 Å². The van der Waals surface area contributed by atoms with Crippen LogP contribution in [0.1, 0.15) is 16.7 Å². The highest BCUT2D eigenvalue weighted by atomic mass is 15.3. The second-order valence-corrected chi connectivity index (χ2v) is 6.98. The van der Waals surface area contributed by atoms with Gasteiger partial charge in [0.1, 0.15) is 5.82 Å². The second kappa shape index (κ2) is 8.19. The maximum atomic E-state index is 6.10. The number of aliphatic imine (C=N–C) groups is 1. The summed E-state index contributed by atoms with van der Waals surface area (Å²) in [4.78, 5) is 13.8. The molecule has 1 aromatic heterocycles. The van der Waals surface area contributed by atoms with Crippen LogP contribution >= 0.6 is 0 Å². The summed E-state index contributed by atoms with van der Waals surface area (Å²) >= 11 is 0. The van der Waals surface area contributed by atoms with Gasteiger partial charge in [0.05, 0.1) is 6.54 Å². The van der Waals surface area contributed by atoms with Gasteiger partial charge in [0.2, 0.25) is 0 Å². The predicted molar refractivity (Wildman–Crippen MR) is 109 cm³/mol. The lowest BCUT2D eigenvalue weighted by atomic mass is 10.1. The number of nitrogens with one attached hydrogen (secondary N) is 1. The Kier molecular flexibility index (Phi) is 5.73. The highest BCUT2D eigenvalue weighted by Crippen LogP contribution is 2.20. The van der Waals surface area contributed by atoms with Crippen molar-refractivity contribution in [2.24, 2.45) is 10.7 Å². The summed E-state index contributed by atoms with van der Waals surface area (Å²) in [6, 6.07) is 10.3. The van der Waals surface area contributed by atoms with E-state index in [1.54, 1.807) is 0 Å². The Morgan fingerprint density at radius 3 is 2.54 bits per heavy atom. The fraction of sp³-hybridized carbons (Fsp3) is 0.400. The van der Waals surface area contributed by atoms with Gasteiger partial charge in [-0.3, -0.25) is 0 Å². The molecule has 6 heteroatoms. The van der Waals surface area contributed by atoms with Gasteiger partial charge < -0.3 is 20.9 Å². The molecule has 138 valence electrons. The molecule has 3 N–H and O–H groups in total. The Labute approximate surface area is 155 Å². The SMILES string of the molecule is Cc1cc(C)cc(NC(N)=NCc2cccnc2N2CCN(C)CC2)c1. The molecule has 0 aliphatic carbocycles. The van der Waals surface area contributed by atoms with E-state index in [0.29, 0.717) is 12.5 Å². The topological polar surface area (TPSA) is 69.8 Å². The third kappa shape index (κ3) is 4.73. The maximum Gasteiger partial charge on any atom is 0.193 e. The molecule has 0 amide bonds. The van der Waals surface area contributed by atoms with Crippen LogP contribution in [0.4, 0.5) is 11.5 Å². The van der Waals surface area contributed by atoms with Crippen molar-refractivity contribution in [2.75, 3.05) is 43.4 Å². The minimum atomic E-state index is 0.420. The first-order valence-electron chi connectivity index (χ1n) is 9.04. The van der Waals surface area contributed by atoms with E-state index in [0.717, 1.165) is 43.2 Å². The lowest BCUT2D eigenvalue weighted by Gasteiger charge is -2.34. The third-order valence-corrected chi connectivity index (χ3v) is 4.58. The summed E-state index contributed by atoms with van der Waals surface area (Å²) in [6.45, 7) is 8.73. The van der Waals surface area contributed by atoms with Crippen molar-refractivity contribution in [3.63, 3.8) is 0 Å². The lowest BCUT2D eigenvalue weighted by Crippen LogP contribution is -2.45. The number of aromatic nitrogens is 1. The predicted octanol–water partition coefficient (Wildman–Crippen LogP) is 2.38. The standard InChI is InChI=1S/C20H28N6/c1-15-11-16(2)13-18(12-15)24-20(21)23-14-17-5-4-6-22-19(17)26-9-7-25(3)8-10-26/h4-6,11-13H,7-10,14H2,1-3H3,(H3,21,23,24). The van der Waals surface area contributed by atoms with Gasteiger partial charge >= 0.3 is 0 Å². The van der Waals surface area contributed by atoms with Gasteiger partial charge in [0, 0.05) is 43.6 Å². The Morgan fingerprint density at radius 1 is 1.15 bits per heavy atom. The van der Waals surface area contributed by atoms with Crippen molar-refractivity contribution in [3.8, 4) is 0 Å². The summed E-state index contributed by atoms with van der Waals surface area (Å²) in [7, 11) is 2.15. The van der Waals surface area contributed by atoms with Gasteiger partial charge in [0.15, 0.2) is 5.96 Å². The number of benzene rings is 1. The minimum absolute atomic E-state index is 0.420. The van der Waals surface area contributed by atoms with Crippen LogP contribution < -0.4 is 16.0 Å². The van der Waals surface area contributed by atoms with E-state index < -0.39 is 0 Å². The molecule has 1 fully saturated rings.